The summed E-state index contributed by atoms with van der Waals surface area (Å²) in [6.07, 6.45) is 1.81. The minimum atomic E-state index is -2.12. The third-order valence-electron chi connectivity index (χ3n) is 4.41. The largest absolute Gasteiger partial charge is 0.462 e. The molecule has 130 valence electrons. The van der Waals surface area contributed by atoms with E-state index in [1.165, 1.54) is 0 Å². The van der Waals surface area contributed by atoms with E-state index in [1.807, 2.05) is 60.8 Å². The van der Waals surface area contributed by atoms with Crippen molar-refractivity contribution in [1.29, 1.82) is 0 Å². The number of ether oxygens (including phenoxy) is 1. The van der Waals surface area contributed by atoms with E-state index in [1.54, 1.807) is 23.6 Å². The van der Waals surface area contributed by atoms with E-state index in [0.717, 1.165) is 16.8 Å². The first-order valence-electron chi connectivity index (χ1n) is 8.47. The standard InChI is InChI=1S/C21H18N2O3/c1-2-26-20(24)21(25)18-13-8-14-23(18)17-12-7-6-11-16(17)19(22-21)15-9-4-3-5-10-15/h3-14,25H,2H2,1H3. The number of nitrogens with zero attached hydrogens (tertiary/aromatic N) is 2. The van der Waals surface area contributed by atoms with Gasteiger partial charge in [0.05, 0.1) is 23.7 Å². The monoisotopic (exact) mass is 346 g/mol. The highest BCUT2D eigenvalue weighted by atomic mass is 16.6. The lowest BCUT2D eigenvalue weighted by Gasteiger charge is -2.22. The molecular weight excluding hydrogens is 328 g/mol. The second-order valence-electron chi connectivity index (χ2n) is 6.00. The molecule has 0 bridgehead atoms. The summed E-state index contributed by atoms with van der Waals surface area (Å²) >= 11 is 0. The Bertz CT molecular complexity index is 991. The van der Waals surface area contributed by atoms with Crippen molar-refractivity contribution in [1.82, 2.24) is 4.57 Å². The molecule has 3 aromatic rings. The lowest BCUT2D eigenvalue weighted by Crippen LogP contribution is -2.37. The zero-order chi connectivity index (χ0) is 18.1. The zero-order valence-electron chi connectivity index (χ0n) is 14.3. The van der Waals surface area contributed by atoms with Gasteiger partial charge in [-0.25, -0.2) is 9.79 Å². The highest BCUT2D eigenvalue weighted by Crippen LogP contribution is 2.34. The first-order chi connectivity index (χ1) is 12.6. The van der Waals surface area contributed by atoms with Crippen LogP contribution in [0.15, 0.2) is 77.9 Å². The van der Waals surface area contributed by atoms with E-state index in [0.29, 0.717) is 11.4 Å². The van der Waals surface area contributed by atoms with Gasteiger partial charge in [0.15, 0.2) is 0 Å². The molecule has 0 fully saturated rings. The van der Waals surface area contributed by atoms with Crippen molar-refractivity contribution in [2.45, 2.75) is 12.6 Å². The van der Waals surface area contributed by atoms with E-state index >= 15 is 0 Å². The number of esters is 1. The lowest BCUT2D eigenvalue weighted by atomic mass is 10.0. The number of aliphatic hydroxyl groups is 1. The molecule has 0 aliphatic carbocycles. The Hall–Kier alpha value is -3.18. The summed E-state index contributed by atoms with van der Waals surface area (Å²) in [7, 11) is 0. The number of benzene rings is 2. The molecule has 26 heavy (non-hydrogen) atoms. The van der Waals surface area contributed by atoms with Crippen LogP contribution in [0.25, 0.3) is 5.69 Å². The molecule has 2 heterocycles. The van der Waals surface area contributed by atoms with Crippen LogP contribution in [-0.4, -0.2) is 28.0 Å². The average molecular weight is 346 g/mol. The number of para-hydroxylation sites is 1. The third kappa shape index (κ3) is 2.45. The number of aliphatic imine (C=N–C) groups is 1. The first kappa shape index (κ1) is 16.3. The van der Waals surface area contributed by atoms with Crippen molar-refractivity contribution in [2.24, 2.45) is 4.99 Å². The summed E-state index contributed by atoms with van der Waals surface area (Å²) in [4.78, 5) is 17.2. The quantitative estimate of drug-likeness (QED) is 0.742. The normalized spacial score (nSPS) is 18.3. The number of carbonyl (C=O) groups excluding carboxylic acids is 1. The fourth-order valence-corrected chi connectivity index (χ4v) is 3.24. The second kappa shape index (κ2) is 6.28. The Morgan fingerprint density at radius 1 is 1.08 bits per heavy atom. The van der Waals surface area contributed by atoms with Crippen LogP contribution in [0.3, 0.4) is 0 Å². The summed E-state index contributed by atoms with van der Waals surface area (Å²) < 4.78 is 6.92. The van der Waals surface area contributed by atoms with Crippen molar-refractivity contribution >= 4 is 11.7 Å². The predicted molar refractivity (Wildman–Crippen MR) is 98.4 cm³/mol. The molecule has 5 heteroatoms. The molecule has 4 rings (SSSR count). The Morgan fingerprint density at radius 3 is 2.58 bits per heavy atom. The highest BCUT2D eigenvalue weighted by Gasteiger charge is 2.44. The number of carbonyl (C=O) groups is 1. The van der Waals surface area contributed by atoms with Gasteiger partial charge in [-0.05, 0) is 25.1 Å². The molecule has 1 aliphatic rings. The smallest absolute Gasteiger partial charge is 0.368 e. The summed E-state index contributed by atoms with van der Waals surface area (Å²) in [6, 6.07) is 20.7. The van der Waals surface area contributed by atoms with Crippen LogP contribution in [-0.2, 0) is 15.3 Å². The van der Waals surface area contributed by atoms with Gasteiger partial charge in [0.1, 0.15) is 0 Å². The van der Waals surface area contributed by atoms with Gasteiger partial charge in [-0.3, -0.25) is 0 Å². The molecular formula is C21H18N2O3. The molecule has 1 aromatic heterocycles. The summed E-state index contributed by atoms with van der Waals surface area (Å²) in [5.41, 5.74) is 1.26. The van der Waals surface area contributed by atoms with E-state index in [-0.39, 0.29) is 6.61 Å². The van der Waals surface area contributed by atoms with Gasteiger partial charge < -0.3 is 14.4 Å². The van der Waals surface area contributed by atoms with Gasteiger partial charge in [0.25, 0.3) is 5.72 Å². The van der Waals surface area contributed by atoms with Gasteiger partial charge in [0.2, 0.25) is 0 Å². The topological polar surface area (TPSA) is 63.8 Å². The van der Waals surface area contributed by atoms with Crippen molar-refractivity contribution in [3.05, 3.63) is 89.7 Å². The third-order valence-corrected chi connectivity index (χ3v) is 4.41. The van der Waals surface area contributed by atoms with Crippen LogP contribution in [0.5, 0.6) is 0 Å². The van der Waals surface area contributed by atoms with Crippen LogP contribution in [0.1, 0.15) is 23.7 Å². The Labute approximate surface area is 151 Å². The number of aromatic nitrogens is 1. The summed E-state index contributed by atoms with van der Waals surface area (Å²) in [6.45, 7) is 1.86. The lowest BCUT2D eigenvalue weighted by molar-refractivity contribution is -0.165. The molecule has 2 aromatic carbocycles. The van der Waals surface area contributed by atoms with Gasteiger partial charge >= 0.3 is 5.97 Å². The molecule has 0 saturated heterocycles. The van der Waals surface area contributed by atoms with Crippen LogP contribution in [0.4, 0.5) is 0 Å². The van der Waals surface area contributed by atoms with E-state index in [2.05, 4.69) is 4.99 Å². The van der Waals surface area contributed by atoms with Crippen LogP contribution in [0.2, 0.25) is 0 Å². The molecule has 0 saturated carbocycles. The predicted octanol–water partition coefficient (Wildman–Crippen LogP) is 3.04. The van der Waals surface area contributed by atoms with E-state index < -0.39 is 11.7 Å². The zero-order valence-corrected chi connectivity index (χ0v) is 14.3. The molecule has 0 spiro atoms. The van der Waals surface area contributed by atoms with Gasteiger partial charge in [0, 0.05) is 17.3 Å². The first-order valence-corrected chi connectivity index (χ1v) is 8.47. The van der Waals surface area contributed by atoms with Crippen LogP contribution >= 0.6 is 0 Å². The summed E-state index contributed by atoms with van der Waals surface area (Å²) in [5, 5.41) is 11.3. The maximum absolute atomic E-state index is 12.7. The second-order valence-corrected chi connectivity index (χ2v) is 6.00. The van der Waals surface area contributed by atoms with Gasteiger partial charge in [-0.1, -0.05) is 48.5 Å². The van der Waals surface area contributed by atoms with Crippen molar-refractivity contribution in [3.63, 3.8) is 0 Å². The fourth-order valence-electron chi connectivity index (χ4n) is 3.24. The molecule has 1 aliphatic heterocycles. The minimum absolute atomic E-state index is 0.158. The number of hydrogen-bond donors (Lipinski definition) is 1. The Morgan fingerprint density at radius 2 is 1.81 bits per heavy atom. The van der Waals surface area contributed by atoms with E-state index in [4.69, 9.17) is 4.74 Å². The van der Waals surface area contributed by atoms with Crippen molar-refractivity contribution in [3.8, 4) is 5.69 Å². The Kier molecular flexibility index (Phi) is 3.93. The molecule has 1 atom stereocenters. The molecule has 0 amide bonds. The molecule has 5 nitrogen and oxygen atoms in total. The molecule has 1 unspecified atom stereocenters. The van der Waals surface area contributed by atoms with E-state index in [9.17, 15) is 9.90 Å². The maximum atomic E-state index is 12.7. The highest BCUT2D eigenvalue weighted by molar-refractivity contribution is 6.16. The average Bonchev–Trinajstić information content (AvgIpc) is 3.14. The molecule has 0 radical (unpaired) electrons. The minimum Gasteiger partial charge on any atom is -0.462 e. The van der Waals surface area contributed by atoms with Crippen molar-refractivity contribution < 1.29 is 14.6 Å². The SMILES string of the molecule is CCOC(=O)C1(O)N=C(c2ccccc2)c2ccccc2-n2cccc21. The van der Waals surface area contributed by atoms with Crippen molar-refractivity contribution in [2.75, 3.05) is 6.61 Å². The summed E-state index contributed by atoms with van der Waals surface area (Å²) in [5.74, 6) is -0.791. The van der Waals surface area contributed by atoms with Gasteiger partial charge in [-0.2, -0.15) is 0 Å². The number of hydrogen-bond acceptors (Lipinski definition) is 4. The number of rotatable bonds is 3. The van der Waals surface area contributed by atoms with Gasteiger partial charge in [-0.15, -0.1) is 0 Å². The van der Waals surface area contributed by atoms with Crippen LogP contribution < -0.4 is 0 Å². The Balaban J connectivity index is 2.04. The number of fused-ring (bicyclic) bond motifs is 3. The molecule has 1 N–H and O–H groups in total. The van der Waals surface area contributed by atoms with Crippen LogP contribution in [0, 0.1) is 0 Å². The fraction of sp³-hybridized carbons (Fsp3) is 0.143. The maximum Gasteiger partial charge on any atom is 0.368 e.